The Kier molecular flexibility index (Phi) is 8.61. The molecule has 0 aliphatic carbocycles. The lowest BCUT2D eigenvalue weighted by Crippen LogP contribution is -2.20. The van der Waals surface area contributed by atoms with Crippen molar-refractivity contribution in [2.75, 3.05) is 0 Å². The normalized spacial score (nSPS) is 11.2. The Morgan fingerprint density at radius 3 is 1.09 bits per heavy atom. The minimum atomic E-state index is -0.848. The number of nitro groups is 2. The van der Waals surface area contributed by atoms with Gasteiger partial charge in [-0.1, -0.05) is 59.6 Å². The van der Waals surface area contributed by atoms with Gasteiger partial charge in [0.1, 0.15) is 11.4 Å². The number of halogens is 2. The smallest absolute Gasteiger partial charge is 0.269 e. The third-order valence-corrected chi connectivity index (χ3v) is 9.83. The largest absolute Gasteiger partial charge is 0.312 e. The van der Waals surface area contributed by atoms with Gasteiger partial charge >= 0.3 is 0 Å². The van der Waals surface area contributed by atoms with E-state index in [2.05, 4.69) is 0 Å². The van der Waals surface area contributed by atoms with E-state index in [-0.39, 0.29) is 22.8 Å². The quantitative estimate of drug-likeness (QED) is 0.0625. The van der Waals surface area contributed by atoms with Crippen molar-refractivity contribution < 1.29 is 19.4 Å². The molecule has 54 heavy (non-hydrogen) atoms. The summed E-state index contributed by atoms with van der Waals surface area (Å²) in [6.45, 7) is 0. The van der Waals surface area contributed by atoms with Crippen molar-refractivity contribution in [2.45, 2.75) is 0 Å². The second-order valence-corrected chi connectivity index (χ2v) is 13.3. The lowest BCUT2D eigenvalue weighted by molar-refractivity contribution is -0.385. The highest BCUT2D eigenvalue weighted by Gasteiger charge is 2.34. The predicted octanol–water partition coefficient (Wildman–Crippen LogP) is 11.0. The molecule has 0 aliphatic heterocycles. The number of hydrogen-bond acceptors (Lipinski definition) is 6. The Bertz CT molecular complexity index is 2610. The van der Waals surface area contributed by atoms with Crippen LogP contribution in [0.15, 0.2) is 146 Å². The van der Waals surface area contributed by atoms with Crippen LogP contribution < -0.4 is 0 Å². The lowest BCUT2D eigenvalue weighted by atomic mass is 9.91. The molecule has 0 unspecified atom stereocenters. The number of rotatable bonds is 9. The fraction of sp³-hybridized carbons (Fsp3) is 0. The molecular weight excluding hydrogens is 727 g/mol. The van der Waals surface area contributed by atoms with Gasteiger partial charge in [-0.3, -0.25) is 29.8 Å². The Morgan fingerprint density at radius 2 is 0.759 bits per heavy atom. The van der Waals surface area contributed by atoms with Crippen LogP contribution in [0, 0.1) is 20.2 Å². The van der Waals surface area contributed by atoms with E-state index in [1.165, 1.54) is 24.3 Å². The summed E-state index contributed by atoms with van der Waals surface area (Å²) in [7, 11) is 0. The van der Waals surface area contributed by atoms with Gasteiger partial charge in [-0.15, -0.1) is 0 Å². The van der Waals surface area contributed by atoms with Crippen LogP contribution in [-0.2, 0) is 0 Å². The van der Waals surface area contributed by atoms with E-state index < -0.39 is 21.4 Å². The number of fused-ring (bicyclic) bond motifs is 2. The van der Waals surface area contributed by atoms with Gasteiger partial charge in [-0.05, 0) is 95.1 Å². The second-order valence-electron chi connectivity index (χ2n) is 12.4. The molecule has 0 spiro atoms. The molecule has 4 aromatic carbocycles. The molecule has 12 heteroatoms. The number of nitrogens with zero attached hydrogens (tertiary/aromatic N) is 4. The Hall–Kier alpha value is -6.88. The number of aromatic nitrogens is 2. The molecule has 0 N–H and O–H groups in total. The third-order valence-electron chi connectivity index (χ3n) is 9.32. The minimum Gasteiger partial charge on any atom is -0.312 e. The molecule has 10 nitrogen and oxygen atoms in total. The summed E-state index contributed by atoms with van der Waals surface area (Å²) in [5.74, 6) is -1.70. The van der Waals surface area contributed by atoms with Gasteiger partial charge < -0.3 is 8.80 Å². The number of benzene rings is 4. The number of pyridine rings is 2. The van der Waals surface area contributed by atoms with E-state index in [0.717, 1.165) is 0 Å². The number of carbonyl (C=O) groups is 2. The van der Waals surface area contributed by atoms with E-state index in [0.29, 0.717) is 65.6 Å². The monoisotopic (exact) mass is 750 g/mol. The number of carbonyl (C=O) groups excluding carboxylic acids is 2. The van der Waals surface area contributed by atoms with Gasteiger partial charge in [0.15, 0.2) is 0 Å². The second kappa shape index (κ2) is 13.6. The van der Waals surface area contributed by atoms with Crippen LogP contribution in [0.4, 0.5) is 11.4 Å². The van der Waals surface area contributed by atoms with Gasteiger partial charge in [0.05, 0.1) is 20.9 Å². The Labute approximate surface area is 316 Å². The van der Waals surface area contributed by atoms with Crippen molar-refractivity contribution >= 4 is 57.2 Å². The van der Waals surface area contributed by atoms with Gasteiger partial charge in [0.2, 0.25) is 0 Å². The lowest BCUT2D eigenvalue weighted by Gasteiger charge is -2.11. The molecular formula is C42H24Cl2N4O6. The first kappa shape index (κ1) is 34.2. The SMILES string of the molecule is O=C(C(=O)c1c(-c2ccc([N+](=O)[O-])cc2)c(-c2ccc(Cl)cc2)c2ccccn12)c1c(-c2ccc([N+](=O)[O-])cc2)c(-c2ccc(Cl)cc2)c2ccccn12. The molecule has 4 aromatic heterocycles. The highest BCUT2D eigenvalue weighted by Crippen LogP contribution is 2.44. The maximum atomic E-state index is 15.2. The molecule has 0 fully saturated rings. The van der Waals surface area contributed by atoms with Crippen molar-refractivity contribution in [3.63, 3.8) is 0 Å². The molecule has 4 heterocycles. The van der Waals surface area contributed by atoms with Crippen molar-refractivity contribution in [3.8, 4) is 44.5 Å². The molecule has 0 saturated carbocycles. The highest BCUT2D eigenvalue weighted by atomic mass is 35.5. The third kappa shape index (κ3) is 5.79. The summed E-state index contributed by atoms with van der Waals surface area (Å²) < 4.78 is 3.31. The van der Waals surface area contributed by atoms with Crippen LogP contribution in [0.5, 0.6) is 0 Å². The molecule has 0 saturated heterocycles. The summed E-state index contributed by atoms with van der Waals surface area (Å²) >= 11 is 12.5. The molecule has 0 amide bonds. The van der Waals surface area contributed by atoms with Crippen LogP contribution in [-0.4, -0.2) is 30.2 Å². The maximum absolute atomic E-state index is 15.2. The summed E-state index contributed by atoms with van der Waals surface area (Å²) in [5, 5.41) is 24.2. The number of hydrogen-bond donors (Lipinski definition) is 0. The zero-order chi connectivity index (χ0) is 37.7. The first-order chi connectivity index (χ1) is 26.1. The Balaban J connectivity index is 1.42. The van der Waals surface area contributed by atoms with Crippen LogP contribution in [0.3, 0.4) is 0 Å². The van der Waals surface area contributed by atoms with E-state index in [1.807, 2.05) is 24.3 Å². The van der Waals surface area contributed by atoms with Crippen LogP contribution in [0.2, 0.25) is 10.0 Å². The molecule has 8 aromatic rings. The van der Waals surface area contributed by atoms with Gasteiger partial charge in [0.25, 0.3) is 22.9 Å². The van der Waals surface area contributed by atoms with E-state index >= 15 is 9.59 Å². The standard InChI is InChI=1S/C42H24Cl2N4O6/c43-29-15-7-25(8-16-29)35-33-5-1-3-23-45(33)39(37(35)27-11-19-31(20-12-27)47(51)52)41(49)42(50)40-38(28-13-21-32(22-14-28)48(53)54)36(26-9-17-30(44)18-10-26)34-6-2-4-24-46(34)40/h1-24H. The van der Waals surface area contributed by atoms with Crippen molar-refractivity contribution in [1.29, 1.82) is 0 Å². The summed E-state index contributed by atoms with van der Waals surface area (Å²) in [6.07, 6.45) is 3.38. The fourth-order valence-electron chi connectivity index (χ4n) is 6.96. The molecule has 0 aliphatic rings. The predicted molar refractivity (Wildman–Crippen MR) is 209 cm³/mol. The summed E-state index contributed by atoms with van der Waals surface area (Å²) in [5.41, 5.74) is 5.42. The van der Waals surface area contributed by atoms with Crippen LogP contribution in [0.1, 0.15) is 21.0 Å². The molecule has 0 bridgehead atoms. The summed E-state index contributed by atoms with van der Waals surface area (Å²) in [4.78, 5) is 52.5. The number of ketones is 2. The fourth-order valence-corrected chi connectivity index (χ4v) is 7.21. The van der Waals surface area contributed by atoms with Crippen LogP contribution in [0.25, 0.3) is 55.5 Å². The first-order valence-electron chi connectivity index (χ1n) is 16.5. The average molecular weight is 752 g/mol. The van der Waals surface area contributed by atoms with Gasteiger partial charge in [0, 0.05) is 69.0 Å². The van der Waals surface area contributed by atoms with Crippen LogP contribution >= 0.6 is 23.2 Å². The number of nitro benzene ring substituents is 2. The average Bonchev–Trinajstić information content (AvgIpc) is 3.72. The van der Waals surface area contributed by atoms with E-state index in [1.54, 1.807) is 106 Å². The minimum absolute atomic E-state index is 0.0444. The molecule has 0 radical (unpaired) electrons. The zero-order valence-corrected chi connectivity index (χ0v) is 29.4. The molecule has 8 rings (SSSR count). The molecule has 0 atom stereocenters. The topological polar surface area (TPSA) is 129 Å². The van der Waals surface area contributed by atoms with Gasteiger partial charge in [-0.2, -0.15) is 0 Å². The molecule has 262 valence electrons. The van der Waals surface area contributed by atoms with E-state index in [9.17, 15) is 20.2 Å². The maximum Gasteiger partial charge on any atom is 0.269 e. The number of non-ortho nitro benzene ring substituents is 2. The van der Waals surface area contributed by atoms with Crippen molar-refractivity contribution in [1.82, 2.24) is 8.80 Å². The highest BCUT2D eigenvalue weighted by molar-refractivity contribution is 6.51. The van der Waals surface area contributed by atoms with Crippen molar-refractivity contribution in [3.05, 3.63) is 188 Å². The van der Waals surface area contributed by atoms with Crippen molar-refractivity contribution in [2.24, 2.45) is 0 Å². The Morgan fingerprint density at radius 1 is 0.444 bits per heavy atom. The van der Waals surface area contributed by atoms with Gasteiger partial charge in [-0.25, -0.2) is 0 Å². The summed E-state index contributed by atoms with van der Waals surface area (Å²) in [6, 6.07) is 36.5. The first-order valence-corrected chi connectivity index (χ1v) is 17.2. The van der Waals surface area contributed by atoms with E-state index in [4.69, 9.17) is 23.2 Å². The zero-order valence-electron chi connectivity index (χ0n) is 27.9. The number of Topliss-reactive ketones (excluding diaryl/α,β-unsaturated/α-hetero) is 2.